The summed E-state index contributed by atoms with van der Waals surface area (Å²) in [5.41, 5.74) is 0.509. The van der Waals surface area contributed by atoms with Gasteiger partial charge in [-0.1, -0.05) is 0 Å². The maximum atomic E-state index is 12.7. The zero-order valence-electron chi connectivity index (χ0n) is 14.1. The maximum absolute atomic E-state index is 12.7. The highest BCUT2D eigenvalue weighted by atomic mass is 32.1. The van der Waals surface area contributed by atoms with Crippen molar-refractivity contribution in [3.8, 4) is 5.75 Å². The van der Waals surface area contributed by atoms with E-state index in [-0.39, 0.29) is 11.5 Å². The van der Waals surface area contributed by atoms with Gasteiger partial charge in [0.15, 0.2) is 0 Å². The number of nitrogens with zero attached hydrogens (tertiary/aromatic N) is 2. The first-order valence-corrected chi connectivity index (χ1v) is 9.69. The van der Waals surface area contributed by atoms with Gasteiger partial charge in [0, 0.05) is 24.0 Å². The number of ether oxygens (including phenoxy) is 2. The second kappa shape index (κ2) is 7.14. The lowest BCUT2D eigenvalue weighted by Gasteiger charge is -2.44. The molecule has 25 heavy (non-hydrogen) atoms. The van der Waals surface area contributed by atoms with Crippen LogP contribution >= 0.6 is 11.3 Å². The van der Waals surface area contributed by atoms with E-state index in [9.17, 15) is 4.79 Å². The fraction of sp³-hybridized carbons (Fsp3) is 0.474. The van der Waals surface area contributed by atoms with Crippen molar-refractivity contribution in [1.82, 2.24) is 9.88 Å². The molecule has 1 saturated heterocycles. The van der Waals surface area contributed by atoms with Gasteiger partial charge in [-0.25, -0.2) is 0 Å². The molecule has 6 heteroatoms. The predicted octanol–water partition coefficient (Wildman–Crippen LogP) is 3.23. The summed E-state index contributed by atoms with van der Waals surface area (Å²) in [5, 5.41) is 3.87. The molecule has 2 fully saturated rings. The van der Waals surface area contributed by atoms with Crippen LogP contribution in [0.3, 0.4) is 0 Å². The van der Waals surface area contributed by atoms with Crippen molar-refractivity contribution in [3.63, 3.8) is 0 Å². The molecule has 0 unspecified atom stereocenters. The standard InChI is InChI=1S/C19H22N2O3S/c22-18(15-5-10-25-13-15)21-8-9-24-19(14-21)6-1-3-16(19)12-23-17-4-2-7-20-11-17/h2,4-5,7,10-11,13,16H,1,3,6,8-9,12,14H2/t16-,19+/m0/s1. The van der Waals surface area contributed by atoms with Crippen molar-refractivity contribution in [2.24, 2.45) is 5.92 Å². The molecule has 1 aliphatic heterocycles. The molecule has 4 rings (SSSR count). The zero-order valence-corrected chi connectivity index (χ0v) is 14.9. The molecule has 1 saturated carbocycles. The average Bonchev–Trinajstić information content (AvgIpc) is 3.31. The lowest BCUT2D eigenvalue weighted by Crippen LogP contribution is -2.56. The van der Waals surface area contributed by atoms with E-state index in [0.29, 0.717) is 32.2 Å². The molecule has 2 aromatic rings. The number of carbonyl (C=O) groups excluding carboxylic acids is 1. The summed E-state index contributed by atoms with van der Waals surface area (Å²) in [6.07, 6.45) is 6.64. The molecular formula is C19H22N2O3S. The summed E-state index contributed by atoms with van der Waals surface area (Å²) in [6.45, 7) is 2.51. The minimum absolute atomic E-state index is 0.114. The van der Waals surface area contributed by atoms with E-state index in [1.54, 1.807) is 23.7 Å². The quantitative estimate of drug-likeness (QED) is 0.842. The number of morpholine rings is 1. The van der Waals surface area contributed by atoms with E-state index in [0.717, 1.165) is 30.6 Å². The van der Waals surface area contributed by atoms with Gasteiger partial charge in [0.05, 0.1) is 37.1 Å². The molecule has 1 amide bonds. The van der Waals surface area contributed by atoms with Crippen molar-refractivity contribution >= 4 is 17.2 Å². The third kappa shape index (κ3) is 3.41. The number of hydrogen-bond donors (Lipinski definition) is 0. The lowest BCUT2D eigenvalue weighted by atomic mass is 9.89. The van der Waals surface area contributed by atoms with Crippen LogP contribution in [0.2, 0.25) is 0 Å². The lowest BCUT2D eigenvalue weighted by molar-refractivity contribution is -0.126. The Hall–Kier alpha value is -1.92. The number of pyridine rings is 1. The average molecular weight is 358 g/mol. The summed E-state index contributed by atoms with van der Waals surface area (Å²) in [6, 6.07) is 5.69. The van der Waals surface area contributed by atoms with E-state index >= 15 is 0 Å². The first-order valence-electron chi connectivity index (χ1n) is 8.75. The van der Waals surface area contributed by atoms with Gasteiger partial charge in [-0.3, -0.25) is 9.78 Å². The third-order valence-electron chi connectivity index (χ3n) is 5.25. The summed E-state index contributed by atoms with van der Waals surface area (Å²) < 4.78 is 12.2. The highest BCUT2D eigenvalue weighted by Gasteiger charge is 2.48. The number of thiophene rings is 1. The van der Waals surface area contributed by atoms with E-state index in [4.69, 9.17) is 9.47 Å². The third-order valence-corrected chi connectivity index (χ3v) is 5.93. The Morgan fingerprint density at radius 1 is 1.48 bits per heavy atom. The molecule has 1 spiro atoms. The molecule has 2 aliphatic rings. The molecule has 2 aromatic heterocycles. The molecule has 0 N–H and O–H groups in total. The van der Waals surface area contributed by atoms with Crippen molar-refractivity contribution in [2.45, 2.75) is 24.9 Å². The Labute approximate surface area is 151 Å². The van der Waals surface area contributed by atoms with E-state index in [2.05, 4.69) is 4.98 Å². The van der Waals surface area contributed by atoms with Gasteiger partial charge in [0.1, 0.15) is 5.75 Å². The second-order valence-electron chi connectivity index (χ2n) is 6.74. The van der Waals surface area contributed by atoms with E-state index < -0.39 is 0 Å². The van der Waals surface area contributed by atoms with Gasteiger partial charge in [-0.2, -0.15) is 11.3 Å². The topological polar surface area (TPSA) is 51.7 Å². The normalized spacial score (nSPS) is 26.1. The molecule has 0 radical (unpaired) electrons. The smallest absolute Gasteiger partial charge is 0.254 e. The van der Waals surface area contributed by atoms with Gasteiger partial charge in [-0.15, -0.1) is 0 Å². The second-order valence-corrected chi connectivity index (χ2v) is 7.52. The highest BCUT2D eigenvalue weighted by molar-refractivity contribution is 7.08. The van der Waals surface area contributed by atoms with Crippen molar-refractivity contribution in [2.75, 3.05) is 26.3 Å². The van der Waals surface area contributed by atoms with Crippen LogP contribution in [-0.2, 0) is 4.74 Å². The number of rotatable bonds is 4. The largest absolute Gasteiger partial charge is 0.492 e. The maximum Gasteiger partial charge on any atom is 0.254 e. The summed E-state index contributed by atoms with van der Waals surface area (Å²) in [7, 11) is 0. The minimum atomic E-state index is -0.272. The summed E-state index contributed by atoms with van der Waals surface area (Å²) >= 11 is 1.56. The van der Waals surface area contributed by atoms with Crippen LogP contribution in [0.5, 0.6) is 5.75 Å². The fourth-order valence-corrected chi connectivity index (χ4v) is 4.56. The molecule has 5 nitrogen and oxygen atoms in total. The van der Waals surface area contributed by atoms with Gasteiger partial charge < -0.3 is 14.4 Å². The zero-order chi connectivity index (χ0) is 17.1. The van der Waals surface area contributed by atoms with Gasteiger partial charge >= 0.3 is 0 Å². The van der Waals surface area contributed by atoms with Crippen molar-refractivity contribution < 1.29 is 14.3 Å². The Morgan fingerprint density at radius 3 is 3.24 bits per heavy atom. The van der Waals surface area contributed by atoms with Gasteiger partial charge in [0.2, 0.25) is 0 Å². The number of hydrogen-bond acceptors (Lipinski definition) is 5. The Kier molecular flexibility index (Phi) is 4.72. The van der Waals surface area contributed by atoms with Gasteiger partial charge in [0.25, 0.3) is 5.91 Å². The molecule has 2 atom stereocenters. The first kappa shape index (κ1) is 16.5. The molecule has 132 valence electrons. The van der Waals surface area contributed by atoms with Crippen LogP contribution < -0.4 is 4.74 Å². The Bertz CT molecular complexity index is 707. The molecule has 0 aromatic carbocycles. The summed E-state index contributed by atoms with van der Waals surface area (Å²) in [4.78, 5) is 18.8. The van der Waals surface area contributed by atoms with E-state index in [1.165, 1.54) is 0 Å². The van der Waals surface area contributed by atoms with Crippen molar-refractivity contribution in [1.29, 1.82) is 0 Å². The Balaban J connectivity index is 1.44. The van der Waals surface area contributed by atoms with Crippen LogP contribution in [0.1, 0.15) is 29.6 Å². The first-order chi connectivity index (χ1) is 12.3. The van der Waals surface area contributed by atoms with Crippen LogP contribution in [0.25, 0.3) is 0 Å². The molecule has 1 aliphatic carbocycles. The predicted molar refractivity (Wildman–Crippen MR) is 96.0 cm³/mol. The van der Waals surface area contributed by atoms with Crippen LogP contribution in [-0.4, -0.2) is 47.7 Å². The van der Waals surface area contributed by atoms with Crippen LogP contribution in [0.4, 0.5) is 0 Å². The number of amides is 1. The highest BCUT2D eigenvalue weighted by Crippen LogP contribution is 2.41. The van der Waals surface area contributed by atoms with Crippen molar-refractivity contribution in [3.05, 3.63) is 46.9 Å². The Morgan fingerprint density at radius 2 is 2.44 bits per heavy atom. The van der Waals surface area contributed by atoms with Crippen LogP contribution in [0.15, 0.2) is 41.4 Å². The molecule has 3 heterocycles. The van der Waals surface area contributed by atoms with Gasteiger partial charge in [-0.05, 0) is 42.8 Å². The monoisotopic (exact) mass is 358 g/mol. The SMILES string of the molecule is O=C(c1ccsc1)N1CCO[C@]2(CCC[C@H]2COc2cccnc2)C1. The van der Waals surface area contributed by atoms with E-state index in [1.807, 2.05) is 33.9 Å². The molecular weight excluding hydrogens is 336 g/mol. The molecule has 0 bridgehead atoms. The fourth-order valence-electron chi connectivity index (χ4n) is 3.93. The van der Waals surface area contributed by atoms with Crippen LogP contribution in [0, 0.1) is 5.92 Å². The minimum Gasteiger partial charge on any atom is -0.492 e. The number of aromatic nitrogens is 1. The number of carbonyl (C=O) groups is 1. The summed E-state index contributed by atoms with van der Waals surface area (Å²) in [5.74, 6) is 1.19.